The first-order valence-electron chi connectivity index (χ1n) is 11.3. The van der Waals surface area contributed by atoms with Gasteiger partial charge in [-0.25, -0.2) is 4.68 Å². The maximum absolute atomic E-state index is 13.1. The average Bonchev–Trinajstić information content (AvgIpc) is 3.56. The summed E-state index contributed by atoms with van der Waals surface area (Å²) < 4.78 is 7.16. The molecular formula is C26H27N5O2. The number of amides is 1. The molecule has 7 nitrogen and oxygen atoms in total. The number of benzene rings is 2. The molecule has 1 aliphatic heterocycles. The summed E-state index contributed by atoms with van der Waals surface area (Å²) in [6.45, 7) is 5.35. The van der Waals surface area contributed by atoms with Crippen molar-refractivity contribution in [3.05, 3.63) is 90.8 Å². The number of furan rings is 1. The Morgan fingerprint density at radius 2 is 1.58 bits per heavy atom. The van der Waals surface area contributed by atoms with Crippen LogP contribution in [0.15, 0.2) is 89.5 Å². The van der Waals surface area contributed by atoms with Crippen molar-refractivity contribution in [2.45, 2.75) is 0 Å². The molecule has 5 rings (SSSR count). The van der Waals surface area contributed by atoms with Crippen LogP contribution in [0.5, 0.6) is 0 Å². The van der Waals surface area contributed by atoms with Crippen LogP contribution < -0.4 is 10.2 Å². The third-order valence-corrected chi connectivity index (χ3v) is 5.92. The molecule has 1 N–H and O–H groups in total. The number of carbonyl (C=O) groups is 1. The zero-order valence-corrected chi connectivity index (χ0v) is 18.4. The summed E-state index contributed by atoms with van der Waals surface area (Å²) in [5.41, 5.74) is 3.22. The summed E-state index contributed by atoms with van der Waals surface area (Å²) in [5, 5.41) is 7.70. The lowest BCUT2D eigenvalue weighted by Gasteiger charge is -2.36. The van der Waals surface area contributed by atoms with E-state index in [0.29, 0.717) is 23.7 Å². The molecule has 0 atom stereocenters. The molecule has 4 aromatic rings. The van der Waals surface area contributed by atoms with Gasteiger partial charge in [0.1, 0.15) is 11.4 Å². The molecule has 1 aliphatic rings. The van der Waals surface area contributed by atoms with Crippen LogP contribution in [-0.4, -0.2) is 59.9 Å². The van der Waals surface area contributed by atoms with E-state index in [1.54, 1.807) is 17.0 Å². The Balaban J connectivity index is 1.20. The SMILES string of the molecule is O=C(NCCN1CCN(c2ccccc2)CC1)c1cc(-c2ccco2)nn1-c1ccccc1. The van der Waals surface area contributed by atoms with Crippen molar-refractivity contribution < 1.29 is 9.21 Å². The average molecular weight is 442 g/mol. The molecule has 3 heterocycles. The van der Waals surface area contributed by atoms with Gasteiger partial charge in [0.15, 0.2) is 5.76 Å². The van der Waals surface area contributed by atoms with E-state index in [9.17, 15) is 4.79 Å². The molecule has 2 aromatic carbocycles. The fourth-order valence-electron chi connectivity index (χ4n) is 4.14. The smallest absolute Gasteiger partial charge is 0.270 e. The highest BCUT2D eigenvalue weighted by molar-refractivity contribution is 5.94. The second kappa shape index (κ2) is 9.75. The lowest BCUT2D eigenvalue weighted by atomic mass is 10.2. The predicted molar refractivity (Wildman–Crippen MR) is 129 cm³/mol. The van der Waals surface area contributed by atoms with Crippen molar-refractivity contribution in [1.29, 1.82) is 0 Å². The number of hydrogen-bond donors (Lipinski definition) is 1. The molecule has 2 aromatic heterocycles. The van der Waals surface area contributed by atoms with Crippen LogP contribution in [0.25, 0.3) is 17.1 Å². The minimum Gasteiger partial charge on any atom is -0.463 e. The number of carbonyl (C=O) groups excluding carboxylic acids is 1. The van der Waals surface area contributed by atoms with Gasteiger partial charge in [-0.05, 0) is 36.4 Å². The van der Waals surface area contributed by atoms with E-state index in [1.807, 2.05) is 48.5 Å². The summed E-state index contributed by atoms with van der Waals surface area (Å²) in [4.78, 5) is 17.9. The van der Waals surface area contributed by atoms with E-state index in [4.69, 9.17) is 4.42 Å². The predicted octanol–water partition coefficient (Wildman–Crippen LogP) is 3.68. The van der Waals surface area contributed by atoms with Crippen LogP contribution in [0.4, 0.5) is 5.69 Å². The summed E-state index contributed by atoms with van der Waals surface area (Å²) in [6.07, 6.45) is 1.61. The number of hydrogen-bond acceptors (Lipinski definition) is 5. The summed E-state index contributed by atoms with van der Waals surface area (Å²) >= 11 is 0. The molecule has 1 saturated heterocycles. The maximum atomic E-state index is 13.1. The zero-order chi connectivity index (χ0) is 22.5. The first-order valence-corrected chi connectivity index (χ1v) is 11.3. The molecule has 0 aliphatic carbocycles. The molecule has 1 amide bonds. The summed E-state index contributed by atoms with van der Waals surface area (Å²) in [6, 6.07) is 25.6. The van der Waals surface area contributed by atoms with Crippen molar-refractivity contribution in [3.63, 3.8) is 0 Å². The molecule has 0 radical (unpaired) electrons. The molecule has 7 heteroatoms. The monoisotopic (exact) mass is 441 g/mol. The Labute approximate surface area is 193 Å². The number of rotatable bonds is 7. The van der Waals surface area contributed by atoms with Crippen LogP contribution in [0.3, 0.4) is 0 Å². The first kappa shape index (κ1) is 21.0. The van der Waals surface area contributed by atoms with E-state index in [2.05, 4.69) is 44.5 Å². The Bertz CT molecular complexity index is 1160. The number of anilines is 1. The highest BCUT2D eigenvalue weighted by atomic mass is 16.3. The van der Waals surface area contributed by atoms with Gasteiger partial charge in [-0.3, -0.25) is 9.69 Å². The van der Waals surface area contributed by atoms with E-state index >= 15 is 0 Å². The van der Waals surface area contributed by atoms with Crippen molar-refractivity contribution >= 4 is 11.6 Å². The maximum Gasteiger partial charge on any atom is 0.270 e. The Morgan fingerprint density at radius 3 is 2.24 bits per heavy atom. The van der Waals surface area contributed by atoms with Crippen LogP contribution in [0.1, 0.15) is 10.5 Å². The zero-order valence-electron chi connectivity index (χ0n) is 18.4. The molecule has 0 spiro atoms. The fourth-order valence-corrected chi connectivity index (χ4v) is 4.14. The van der Waals surface area contributed by atoms with Gasteiger partial charge in [0, 0.05) is 51.0 Å². The highest BCUT2D eigenvalue weighted by Crippen LogP contribution is 2.22. The Hall–Kier alpha value is -3.84. The standard InChI is InChI=1S/C26H27N5O2/c32-26(27-13-14-29-15-17-30(18-16-29)21-8-3-1-4-9-21)24-20-23(25-12-7-19-33-25)28-31(24)22-10-5-2-6-11-22/h1-12,19-20H,13-18H2,(H,27,32). The van der Waals surface area contributed by atoms with E-state index in [-0.39, 0.29) is 5.91 Å². The van der Waals surface area contributed by atoms with Gasteiger partial charge in [-0.2, -0.15) is 5.10 Å². The Morgan fingerprint density at radius 1 is 0.879 bits per heavy atom. The van der Waals surface area contributed by atoms with E-state index < -0.39 is 0 Å². The van der Waals surface area contributed by atoms with Gasteiger partial charge in [0.05, 0.1) is 12.0 Å². The lowest BCUT2D eigenvalue weighted by Crippen LogP contribution is -2.48. The van der Waals surface area contributed by atoms with Crippen LogP contribution >= 0.6 is 0 Å². The van der Waals surface area contributed by atoms with E-state index in [0.717, 1.165) is 38.4 Å². The van der Waals surface area contributed by atoms with Gasteiger partial charge in [-0.15, -0.1) is 0 Å². The second-order valence-corrected chi connectivity index (χ2v) is 8.06. The van der Waals surface area contributed by atoms with Crippen molar-refractivity contribution in [1.82, 2.24) is 20.0 Å². The molecule has 1 fully saturated rings. The molecule has 0 unspecified atom stereocenters. The number of nitrogens with zero attached hydrogens (tertiary/aromatic N) is 4. The second-order valence-electron chi connectivity index (χ2n) is 8.06. The number of aromatic nitrogens is 2. The molecule has 0 saturated carbocycles. The van der Waals surface area contributed by atoms with Gasteiger partial charge in [0.2, 0.25) is 0 Å². The summed E-state index contributed by atoms with van der Waals surface area (Å²) in [7, 11) is 0. The highest BCUT2D eigenvalue weighted by Gasteiger charge is 2.20. The minimum atomic E-state index is -0.146. The van der Waals surface area contributed by atoms with Crippen molar-refractivity contribution in [3.8, 4) is 17.1 Å². The van der Waals surface area contributed by atoms with Crippen LogP contribution in [-0.2, 0) is 0 Å². The van der Waals surface area contributed by atoms with Gasteiger partial charge < -0.3 is 14.6 Å². The van der Waals surface area contributed by atoms with Gasteiger partial charge in [-0.1, -0.05) is 36.4 Å². The minimum absolute atomic E-state index is 0.146. The summed E-state index contributed by atoms with van der Waals surface area (Å²) in [5.74, 6) is 0.488. The third-order valence-electron chi connectivity index (χ3n) is 5.92. The van der Waals surface area contributed by atoms with Crippen molar-refractivity contribution in [2.24, 2.45) is 0 Å². The lowest BCUT2D eigenvalue weighted by molar-refractivity contribution is 0.0940. The van der Waals surface area contributed by atoms with Crippen LogP contribution in [0, 0.1) is 0 Å². The Kier molecular flexibility index (Phi) is 6.21. The molecule has 168 valence electrons. The topological polar surface area (TPSA) is 66.5 Å². The fraction of sp³-hybridized carbons (Fsp3) is 0.231. The molecule has 0 bridgehead atoms. The van der Waals surface area contributed by atoms with E-state index in [1.165, 1.54) is 5.69 Å². The normalized spacial score (nSPS) is 14.4. The number of para-hydroxylation sites is 2. The van der Waals surface area contributed by atoms with Gasteiger partial charge >= 0.3 is 0 Å². The quantitative estimate of drug-likeness (QED) is 0.474. The number of nitrogens with one attached hydrogen (secondary N) is 1. The third kappa shape index (κ3) is 4.83. The molecule has 33 heavy (non-hydrogen) atoms. The largest absolute Gasteiger partial charge is 0.463 e. The van der Waals surface area contributed by atoms with Gasteiger partial charge in [0.25, 0.3) is 5.91 Å². The molecular weight excluding hydrogens is 414 g/mol. The van der Waals surface area contributed by atoms with Crippen molar-refractivity contribution in [2.75, 3.05) is 44.2 Å². The first-order chi connectivity index (χ1) is 16.3. The number of piperazine rings is 1. The van der Waals surface area contributed by atoms with Crippen LogP contribution in [0.2, 0.25) is 0 Å².